The Hall–Kier alpha value is -1.47. The van der Waals surface area contributed by atoms with Crippen LogP contribution >= 0.6 is 0 Å². The monoisotopic (exact) mass is 389 g/mol. The quantitative estimate of drug-likeness (QED) is 0.771. The minimum atomic E-state index is 0.221. The van der Waals surface area contributed by atoms with Crippen molar-refractivity contribution in [2.75, 3.05) is 39.3 Å². The third kappa shape index (κ3) is 4.57. The first-order valence-corrected chi connectivity index (χ1v) is 11.2. The van der Waals surface area contributed by atoms with Gasteiger partial charge in [0.2, 0.25) is 11.8 Å². The molecule has 1 amide bonds. The SMILES string of the molecule is CC(C)c1nc(CN2CCC(N3CCCC(C(=O)N4CCCC4)C3)CC2)no1. The molecule has 3 saturated heterocycles. The fourth-order valence-electron chi connectivity index (χ4n) is 4.94. The van der Waals surface area contributed by atoms with Gasteiger partial charge in [0.15, 0.2) is 5.82 Å². The zero-order valence-corrected chi connectivity index (χ0v) is 17.5. The number of carbonyl (C=O) groups is 1. The minimum Gasteiger partial charge on any atom is -0.342 e. The van der Waals surface area contributed by atoms with Gasteiger partial charge in [-0.3, -0.25) is 14.6 Å². The second-order valence-electron chi connectivity index (χ2n) is 9.08. The van der Waals surface area contributed by atoms with Crippen molar-refractivity contribution in [2.24, 2.45) is 5.92 Å². The molecule has 3 aliphatic rings. The van der Waals surface area contributed by atoms with Crippen LogP contribution in [-0.2, 0) is 11.3 Å². The molecule has 0 aliphatic carbocycles. The van der Waals surface area contributed by atoms with Gasteiger partial charge in [0.1, 0.15) is 0 Å². The van der Waals surface area contributed by atoms with E-state index in [1.165, 1.54) is 25.7 Å². The van der Waals surface area contributed by atoms with Crippen LogP contribution in [-0.4, -0.2) is 76.1 Å². The second kappa shape index (κ2) is 8.91. The number of hydrogen-bond acceptors (Lipinski definition) is 6. The predicted molar refractivity (Wildman–Crippen MR) is 107 cm³/mol. The third-order valence-corrected chi connectivity index (χ3v) is 6.64. The van der Waals surface area contributed by atoms with Crippen molar-refractivity contribution < 1.29 is 9.32 Å². The molecule has 4 heterocycles. The number of carbonyl (C=O) groups excluding carboxylic acids is 1. The fourth-order valence-corrected chi connectivity index (χ4v) is 4.94. The van der Waals surface area contributed by atoms with E-state index in [0.29, 0.717) is 11.9 Å². The highest BCUT2D eigenvalue weighted by molar-refractivity contribution is 5.79. The van der Waals surface area contributed by atoms with Crippen molar-refractivity contribution in [2.45, 2.75) is 70.9 Å². The van der Waals surface area contributed by atoms with Crippen molar-refractivity contribution in [1.29, 1.82) is 0 Å². The summed E-state index contributed by atoms with van der Waals surface area (Å²) in [5.74, 6) is 2.45. The molecular formula is C21H35N5O2. The van der Waals surface area contributed by atoms with Gasteiger partial charge >= 0.3 is 0 Å². The molecule has 3 aliphatic heterocycles. The molecule has 0 radical (unpaired) electrons. The van der Waals surface area contributed by atoms with E-state index in [4.69, 9.17) is 4.52 Å². The van der Waals surface area contributed by atoms with Crippen LogP contribution in [0.5, 0.6) is 0 Å². The van der Waals surface area contributed by atoms with E-state index in [2.05, 4.69) is 38.7 Å². The Morgan fingerprint density at radius 3 is 2.50 bits per heavy atom. The molecule has 0 N–H and O–H groups in total. The topological polar surface area (TPSA) is 65.7 Å². The fraction of sp³-hybridized carbons (Fsp3) is 0.857. The number of nitrogens with zero attached hydrogens (tertiary/aromatic N) is 5. The average molecular weight is 390 g/mol. The zero-order chi connectivity index (χ0) is 19.5. The van der Waals surface area contributed by atoms with E-state index in [1.54, 1.807) is 0 Å². The molecule has 3 fully saturated rings. The van der Waals surface area contributed by atoms with E-state index in [1.807, 2.05) is 0 Å². The van der Waals surface area contributed by atoms with E-state index in [9.17, 15) is 4.79 Å². The van der Waals surface area contributed by atoms with E-state index in [0.717, 1.165) is 70.4 Å². The lowest BCUT2D eigenvalue weighted by Gasteiger charge is -2.42. The Kier molecular flexibility index (Phi) is 6.31. The molecule has 1 atom stereocenters. The second-order valence-corrected chi connectivity index (χ2v) is 9.08. The van der Waals surface area contributed by atoms with Gasteiger partial charge in [-0.25, -0.2) is 0 Å². The van der Waals surface area contributed by atoms with Gasteiger partial charge in [0.25, 0.3) is 0 Å². The Morgan fingerprint density at radius 2 is 1.82 bits per heavy atom. The molecule has 0 saturated carbocycles. The Labute approximate surface area is 168 Å². The van der Waals surface area contributed by atoms with Crippen molar-refractivity contribution in [3.63, 3.8) is 0 Å². The third-order valence-electron chi connectivity index (χ3n) is 6.64. The van der Waals surface area contributed by atoms with Crippen LogP contribution in [0.3, 0.4) is 0 Å². The summed E-state index contributed by atoms with van der Waals surface area (Å²) in [6, 6.07) is 0.613. The molecule has 7 nitrogen and oxygen atoms in total. The first-order chi connectivity index (χ1) is 13.6. The first kappa shape index (κ1) is 19.8. The number of rotatable bonds is 5. The maximum absolute atomic E-state index is 12.8. The summed E-state index contributed by atoms with van der Waals surface area (Å²) in [5, 5.41) is 4.13. The van der Waals surface area contributed by atoms with Gasteiger partial charge in [0.05, 0.1) is 12.5 Å². The van der Waals surface area contributed by atoms with Crippen LogP contribution in [0.4, 0.5) is 0 Å². The minimum absolute atomic E-state index is 0.221. The van der Waals surface area contributed by atoms with Crippen LogP contribution in [0.2, 0.25) is 0 Å². The number of likely N-dealkylation sites (tertiary alicyclic amines) is 3. The van der Waals surface area contributed by atoms with Gasteiger partial charge in [-0.05, 0) is 45.1 Å². The van der Waals surface area contributed by atoms with E-state index in [-0.39, 0.29) is 11.8 Å². The average Bonchev–Trinajstić information content (AvgIpc) is 3.40. The Morgan fingerprint density at radius 1 is 1.07 bits per heavy atom. The molecule has 1 aromatic rings. The van der Waals surface area contributed by atoms with Gasteiger partial charge in [-0.1, -0.05) is 19.0 Å². The van der Waals surface area contributed by atoms with Gasteiger partial charge in [0, 0.05) is 44.7 Å². The van der Waals surface area contributed by atoms with E-state index >= 15 is 0 Å². The maximum atomic E-state index is 12.8. The summed E-state index contributed by atoms with van der Waals surface area (Å²) < 4.78 is 5.33. The molecular weight excluding hydrogens is 354 g/mol. The van der Waals surface area contributed by atoms with Crippen LogP contribution < -0.4 is 0 Å². The van der Waals surface area contributed by atoms with Crippen molar-refractivity contribution >= 4 is 5.91 Å². The van der Waals surface area contributed by atoms with Gasteiger partial charge in [-0.15, -0.1) is 0 Å². The standard InChI is InChI=1S/C21H35N5O2/c1-16(2)20-22-19(23-28-20)15-24-12-7-18(8-13-24)26-11-5-6-17(14-26)21(27)25-9-3-4-10-25/h16-18H,3-15H2,1-2H3. The number of hydrogen-bond donors (Lipinski definition) is 0. The largest absolute Gasteiger partial charge is 0.342 e. The highest BCUT2D eigenvalue weighted by Gasteiger charge is 2.34. The van der Waals surface area contributed by atoms with Crippen LogP contribution in [0.15, 0.2) is 4.52 Å². The Balaban J connectivity index is 1.25. The summed E-state index contributed by atoms with van der Waals surface area (Å²) in [4.78, 5) is 24.4. The summed E-state index contributed by atoms with van der Waals surface area (Å²) in [5.41, 5.74) is 0. The molecule has 1 unspecified atom stereocenters. The molecule has 0 bridgehead atoms. The molecule has 7 heteroatoms. The van der Waals surface area contributed by atoms with Gasteiger partial charge < -0.3 is 9.42 Å². The maximum Gasteiger partial charge on any atom is 0.229 e. The summed E-state index contributed by atoms with van der Waals surface area (Å²) in [7, 11) is 0. The van der Waals surface area contributed by atoms with E-state index < -0.39 is 0 Å². The summed E-state index contributed by atoms with van der Waals surface area (Å²) in [6.07, 6.45) is 6.92. The van der Waals surface area contributed by atoms with Crippen LogP contribution in [0, 0.1) is 5.92 Å². The highest BCUT2D eigenvalue weighted by Crippen LogP contribution is 2.26. The normalized spacial score (nSPS) is 25.7. The lowest BCUT2D eigenvalue weighted by Crippen LogP contribution is -2.51. The molecule has 0 spiro atoms. The summed E-state index contributed by atoms with van der Waals surface area (Å²) >= 11 is 0. The molecule has 4 rings (SSSR count). The first-order valence-electron chi connectivity index (χ1n) is 11.2. The van der Waals surface area contributed by atoms with Crippen molar-refractivity contribution in [3.05, 3.63) is 11.7 Å². The smallest absolute Gasteiger partial charge is 0.229 e. The molecule has 0 aromatic carbocycles. The lowest BCUT2D eigenvalue weighted by molar-refractivity contribution is -0.136. The number of amides is 1. The zero-order valence-electron chi connectivity index (χ0n) is 17.5. The molecule has 156 valence electrons. The van der Waals surface area contributed by atoms with Gasteiger partial charge in [-0.2, -0.15) is 4.98 Å². The molecule has 28 heavy (non-hydrogen) atoms. The van der Waals surface area contributed by atoms with Crippen molar-refractivity contribution in [1.82, 2.24) is 24.8 Å². The summed E-state index contributed by atoms with van der Waals surface area (Å²) in [6.45, 7) is 11.1. The van der Waals surface area contributed by atoms with Crippen molar-refractivity contribution in [3.8, 4) is 0 Å². The van der Waals surface area contributed by atoms with Crippen LogP contribution in [0.1, 0.15) is 70.0 Å². The lowest BCUT2D eigenvalue weighted by atomic mass is 9.93. The predicted octanol–water partition coefficient (Wildman–Crippen LogP) is 2.49. The number of aromatic nitrogens is 2. The van der Waals surface area contributed by atoms with Crippen LogP contribution in [0.25, 0.3) is 0 Å². The highest BCUT2D eigenvalue weighted by atomic mass is 16.5. The molecule has 1 aromatic heterocycles. The Bertz CT molecular complexity index is 647. The number of piperidine rings is 2.